The Morgan fingerprint density at radius 3 is 2.62 bits per heavy atom. The van der Waals surface area contributed by atoms with Gasteiger partial charge in [-0.25, -0.2) is 9.97 Å². The molecule has 1 N–H and O–H groups in total. The van der Waals surface area contributed by atoms with E-state index in [4.69, 9.17) is 4.98 Å². The van der Waals surface area contributed by atoms with Gasteiger partial charge in [-0.1, -0.05) is 24.3 Å². The molecule has 0 saturated heterocycles. The lowest BCUT2D eigenvalue weighted by atomic mass is 10.0. The normalized spacial score (nSPS) is 13.9. The molecule has 1 aromatic carbocycles. The second kappa shape index (κ2) is 8.33. The molecule has 0 aliphatic heterocycles. The van der Waals surface area contributed by atoms with Gasteiger partial charge in [0.15, 0.2) is 0 Å². The van der Waals surface area contributed by atoms with Crippen molar-refractivity contribution in [2.45, 2.75) is 38.1 Å². The van der Waals surface area contributed by atoms with E-state index in [2.05, 4.69) is 53.6 Å². The summed E-state index contributed by atoms with van der Waals surface area (Å²) < 4.78 is 1.51. The Morgan fingerprint density at radius 2 is 1.93 bits per heavy atom. The van der Waals surface area contributed by atoms with Crippen molar-refractivity contribution < 1.29 is 0 Å². The minimum Gasteiger partial charge on any atom is -0.367 e. The van der Waals surface area contributed by atoms with Gasteiger partial charge in [-0.15, -0.1) is 0 Å². The van der Waals surface area contributed by atoms with Gasteiger partial charge in [0, 0.05) is 18.7 Å². The van der Waals surface area contributed by atoms with Crippen molar-refractivity contribution in [1.29, 1.82) is 0 Å². The lowest BCUT2D eigenvalue weighted by molar-refractivity contribution is 0.394. The van der Waals surface area contributed by atoms with E-state index in [1.54, 1.807) is 13.4 Å². The van der Waals surface area contributed by atoms with Gasteiger partial charge in [-0.2, -0.15) is 0 Å². The predicted molar refractivity (Wildman–Crippen MR) is 118 cm³/mol. The van der Waals surface area contributed by atoms with Gasteiger partial charge in [0.05, 0.1) is 17.5 Å². The number of benzene rings is 1. The smallest absolute Gasteiger partial charge is 0.264 e. The highest BCUT2D eigenvalue weighted by Crippen LogP contribution is 2.29. The summed E-state index contributed by atoms with van der Waals surface area (Å²) in [5.74, 6) is 0.654. The largest absolute Gasteiger partial charge is 0.367 e. The number of aromatic nitrogens is 3. The Kier molecular flexibility index (Phi) is 5.62. The van der Waals surface area contributed by atoms with Gasteiger partial charge in [0.25, 0.3) is 5.56 Å². The minimum absolute atomic E-state index is 0.0646. The van der Waals surface area contributed by atoms with Gasteiger partial charge in [0.2, 0.25) is 0 Å². The summed E-state index contributed by atoms with van der Waals surface area (Å²) in [4.78, 5) is 24.2. The van der Waals surface area contributed by atoms with Gasteiger partial charge < -0.3 is 14.8 Å². The molecule has 0 amide bonds. The maximum atomic E-state index is 12.7. The Labute approximate surface area is 171 Å². The van der Waals surface area contributed by atoms with Crippen LogP contribution in [0.25, 0.3) is 22.2 Å². The highest BCUT2D eigenvalue weighted by molar-refractivity contribution is 5.91. The van der Waals surface area contributed by atoms with Gasteiger partial charge in [-0.3, -0.25) is 4.79 Å². The van der Waals surface area contributed by atoms with Crippen LogP contribution < -0.4 is 10.9 Å². The molecule has 6 heteroatoms. The van der Waals surface area contributed by atoms with E-state index < -0.39 is 0 Å². The van der Waals surface area contributed by atoms with Crippen molar-refractivity contribution in [1.82, 2.24) is 19.4 Å². The molecule has 0 bridgehead atoms. The fourth-order valence-electron chi connectivity index (χ4n) is 3.49. The third-order valence-electron chi connectivity index (χ3n) is 5.39. The minimum atomic E-state index is -0.0646. The molecular weight excluding hydrogens is 362 g/mol. The van der Waals surface area contributed by atoms with E-state index in [-0.39, 0.29) is 5.56 Å². The second-order valence-corrected chi connectivity index (χ2v) is 8.29. The zero-order valence-corrected chi connectivity index (χ0v) is 17.5. The molecule has 1 saturated carbocycles. The summed E-state index contributed by atoms with van der Waals surface area (Å²) in [7, 11) is 5.95. The molecule has 29 heavy (non-hydrogen) atoms. The highest BCUT2D eigenvalue weighted by atomic mass is 16.1. The molecular formula is C23H29N5O. The highest BCUT2D eigenvalue weighted by Gasteiger charge is 2.24. The molecule has 1 aliphatic rings. The van der Waals surface area contributed by atoms with Crippen LogP contribution in [0, 0.1) is 0 Å². The number of unbranched alkanes of at least 4 members (excludes halogenated alkanes) is 1. The number of nitrogens with one attached hydrogen (secondary N) is 1. The lowest BCUT2D eigenvalue weighted by Crippen LogP contribution is -2.19. The molecule has 152 valence electrons. The summed E-state index contributed by atoms with van der Waals surface area (Å²) in [6.07, 6.45) is 7.30. The maximum Gasteiger partial charge on any atom is 0.264 e. The van der Waals surface area contributed by atoms with Gasteiger partial charge in [0.1, 0.15) is 11.2 Å². The fraction of sp³-hybridized carbons (Fsp3) is 0.435. The molecule has 1 fully saturated rings. The van der Waals surface area contributed by atoms with Crippen LogP contribution in [0.3, 0.4) is 0 Å². The van der Waals surface area contributed by atoms with E-state index in [0.29, 0.717) is 22.8 Å². The first-order valence-corrected chi connectivity index (χ1v) is 10.4. The monoisotopic (exact) mass is 391 g/mol. The molecule has 0 spiro atoms. The van der Waals surface area contributed by atoms with Crippen molar-refractivity contribution >= 4 is 16.7 Å². The first-order chi connectivity index (χ1) is 14.0. The lowest BCUT2D eigenvalue weighted by Gasteiger charge is -2.12. The van der Waals surface area contributed by atoms with E-state index in [1.807, 2.05) is 6.07 Å². The predicted octanol–water partition coefficient (Wildman–Crippen LogP) is 3.45. The first kappa shape index (κ1) is 19.6. The van der Waals surface area contributed by atoms with E-state index in [1.165, 1.54) is 23.0 Å². The van der Waals surface area contributed by atoms with Gasteiger partial charge >= 0.3 is 0 Å². The Bertz CT molecular complexity index is 1050. The number of hydrogen-bond donors (Lipinski definition) is 1. The third kappa shape index (κ3) is 4.65. The quantitative estimate of drug-likeness (QED) is 0.596. The SMILES string of the molecule is CN(C)CCCCc1ccc(-c2cc3ncn(C)c(=O)c3c(NC3CC3)n2)cc1. The van der Waals surface area contributed by atoms with Crippen LogP contribution in [0.5, 0.6) is 0 Å². The molecule has 4 rings (SSSR count). The van der Waals surface area contributed by atoms with Crippen LogP contribution >= 0.6 is 0 Å². The second-order valence-electron chi connectivity index (χ2n) is 8.29. The van der Waals surface area contributed by atoms with E-state index in [0.717, 1.165) is 37.1 Å². The molecule has 6 nitrogen and oxygen atoms in total. The summed E-state index contributed by atoms with van der Waals surface area (Å²) in [6.45, 7) is 1.13. The van der Waals surface area contributed by atoms with Crippen LogP contribution in [0.4, 0.5) is 5.82 Å². The molecule has 0 radical (unpaired) electrons. The molecule has 1 aliphatic carbocycles. The van der Waals surface area contributed by atoms with Crippen LogP contribution in [-0.4, -0.2) is 46.1 Å². The van der Waals surface area contributed by atoms with Crippen molar-refractivity contribution in [2.24, 2.45) is 7.05 Å². The standard InChI is InChI=1S/C23H29N5O/c1-27(2)13-5-4-6-16-7-9-17(10-8-16)19-14-20-21(23(29)28(3)15-24-20)22(26-19)25-18-11-12-18/h7-10,14-15,18H,4-6,11-13H2,1-3H3,(H,25,26). The number of pyridine rings is 1. The molecule has 0 atom stereocenters. The van der Waals surface area contributed by atoms with Crippen molar-refractivity contribution in [3.63, 3.8) is 0 Å². The van der Waals surface area contributed by atoms with Crippen LogP contribution in [0.15, 0.2) is 41.5 Å². The Hall–Kier alpha value is -2.73. The molecule has 2 heterocycles. The number of nitrogens with zero attached hydrogens (tertiary/aromatic N) is 4. The fourth-order valence-corrected chi connectivity index (χ4v) is 3.49. The average molecular weight is 392 g/mol. The Morgan fingerprint density at radius 1 is 1.17 bits per heavy atom. The average Bonchev–Trinajstić information content (AvgIpc) is 3.52. The summed E-state index contributed by atoms with van der Waals surface area (Å²) >= 11 is 0. The Balaban J connectivity index is 1.60. The van der Waals surface area contributed by atoms with E-state index in [9.17, 15) is 4.79 Å². The molecule has 2 aromatic heterocycles. The third-order valence-corrected chi connectivity index (χ3v) is 5.39. The number of hydrogen-bond acceptors (Lipinski definition) is 5. The van der Waals surface area contributed by atoms with Crippen LogP contribution in [-0.2, 0) is 13.5 Å². The zero-order valence-electron chi connectivity index (χ0n) is 17.5. The number of aryl methyl sites for hydroxylation is 2. The van der Waals surface area contributed by atoms with Crippen molar-refractivity contribution in [3.05, 3.63) is 52.6 Å². The summed E-state index contributed by atoms with van der Waals surface area (Å²) in [6, 6.07) is 10.9. The topological polar surface area (TPSA) is 63.1 Å². The number of fused-ring (bicyclic) bond motifs is 1. The number of anilines is 1. The van der Waals surface area contributed by atoms with Crippen molar-refractivity contribution in [2.75, 3.05) is 26.0 Å². The molecule has 3 aromatic rings. The van der Waals surface area contributed by atoms with Crippen molar-refractivity contribution in [3.8, 4) is 11.3 Å². The first-order valence-electron chi connectivity index (χ1n) is 10.4. The summed E-state index contributed by atoms with van der Waals surface area (Å²) in [5.41, 5.74) is 3.86. The van der Waals surface area contributed by atoms with Crippen LogP contribution in [0.2, 0.25) is 0 Å². The number of rotatable bonds is 8. The van der Waals surface area contributed by atoms with Crippen LogP contribution in [0.1, 0.15) is 31.2 Å². The summed E-state index contributed by atoms with van der Waals surface area (Å²) in [5, 5.41) is 4.00. The van der Waals surface area contributed by atoms with E-state index >= 15 is 0 Å². The zero-order chi connectivity index (χ0) is 20.4. The maximum absolute atomic E-state index is 12.7. The molecule has 0 unspecified atom stereocenters. The van der Waals surface area contributed by atoms with Gasteiger partial charge in [-0.05, 0) is 64.4 Å².